The quantitative estimate of drug-likeness (QED) is 0.857. The molecule has 0 N–H and O–H groups in total. The Bertz CT molecular complexity index is 588. The topological polar surface area (TPSA) is 46.6 Å². The molecule has 1 heterocycles. The van der Waals surface area contributed by atoms with Gasteiger partial charge in [-0.15, -0.1) is 0 Å². The van der Waals surface area contributed by atoms with Crippen LogP contribution in [0.1, 0.15) is 43.7 Å². The van der Waals surface area contributed by atoms with Crippen LogP contribution in [0.15, 0.2) is 17.0 Å². The van der Waals surface area contributed by atoms with Crippen molar-refractivity contribution in [3.63, 3.8) is 0 Å². The largest absolute Gasteiger partial charge is 0.494 e. The van der Waals surface area contributed by atoms with E-state index >= 15 is 0 Å². The van der Waals surface area contributed by atoms with Gasteiger partial charge in [-0.25, -0.2) is 8.42 Å². The van der Waals surface area contributed by atoms with Crippen molar-refractivity contribution in [1.82, 2.24) is 4.31 Å². The Morgan fingerprint density at radius 3 is 2.24 bits per heavy atom. The minimum atomic E-state index is -3.42. The van der Waals surface area contributed by atoms with Gasteiger partial charge in [0.2, 0.25) is 10.0 Å². The summed E-state index contributed by atoms with van der Waals surface area (Å²) in [6, 6.07) is 3.59. The summed E-state index contributed by atoms with van der Waals surface area (Å²) >= 11 is 0. The number of aryl methyl sites for hydroxylation is 2. The Morgan fingerprint density at radius 2 is 1.67 bits per heavy atom. The third-order valence-corrected chi connectivity index (χ3v) is 6.00. The summed E-state index contributed by atoms with van der Waals surface area (Å²) in [4.78, 5) is 0.387. The zero-order valence-electron chi connectivity index (χ0n) is 13.2. The molecule has 1 aliphatic heterocycles. The van der Waals surface area contributed by atoms with Gasteiger partial charge in [0, 0.05) is 19.2 Å². The van der Waals surface area contributed by atoms with Crippen LogP contribution in [0.25, 0.3) is 0 Å². The normalized spacial score (nSPS) is 17.5. The molecule has 0 aliphatic carbocycles. The standard InChI is InChI=1S/C16H25NO3S/c1-4-20-15-12-16(14(3)11-13(15)2)21(18,19)17-9-7-5-6-8-10-17/h11-12H,4-10H2,1-3H3. The van der Waals surface area contributed by atoms with Crippen LogP contribution in [0, 0.1) is 13.8 Å². The lowest BCUT2D eigenvalue weighted by Crippen LogP contribution is -2.32. The second-order valence-corrected chi connectivity index (χ2v) is 7.54. The molecule has 2 rings (SSSR count). The molecule has 1 aromatic rings. The fourth-order valence-corrected chi connectivity index (χ4v) is 4.56. The molecule has 0 amide bonds. The Kier molecular flexibility index (Phi) is 5.27. The van der Waals surface area contributed by atoms with Crippen LogP contribution >= 0.6 is 0 Å². The molecular formula is C16H25NO3S. The van der Waals surface area contributed by atoms with Gasteiger partial charge in [-0.05, 0) is 44.7 Å². The van der Waals surface area contributed by atoms with E-state index in [0.29, 0.717) is 30.3 Å². The smallest absolute Gasteiger partial charge is 0.243 e. The van der Waals surface area contributed by atoms with Gasteiger partial charge in [-0.3, -0.25) is 0 Å². The molecule has 118 valence electrons. The van der Waals surface area contributed by atoms with Crippen molar-refractivity contribution in [2.24, 2.45) is 0 Å². The van der Waals surface area contributed by atoms with Crippen LogP contribution in [-0.4, -0.2) is 32.4 Å². The van der Waals surface area contributed by atoms with Gasteiger partial charge < -0.3 is 4.74 Å². The van der Waals surface area contributed by atoms with Gasteiger partial charge in [0.05, 0.1) is 11.5 Å². The average molecular weight is 311 g/mol. The number of hydrogen-bond donors (Lipinski definition) is 0. The molecule has 0 saturated carbocycles. The van der Waals surface area contributed by atoms with Crippen molar-refractivity contribution < 1.29 is 13.2 Å². The van der Waals surface area contributed by atoms with Crippen molar-refractivity contribution in [1.29, 1.82) is 0 Å². The van der Waals surface area contributed by atoms with E-state index in [0.717, 1.165) is 36.8 Å². The third kappa shape index (κ3) is 3.58. The highest BCUT2D eigenvalue weighted by atomic mass is 32.2. The number of hydrogen-bond acceptors (Lipinski definition) is 3. The molecule has 1 saturated heterocycles. The molecule has 0 unspecified atom stereocenters. The molecule has 5 heteroatoms. The maximum absolute atomic E-state index is 12.9. The highest BCUT2D eigenvalue weighted by Gasteiger charge is 2.27. The third-order valence-electron chi connectivity index (χ3n) is 3.96. The number of sulfonamides is 1. The lowest BCUT2D eigenvalue weighted by atomic mass is 10.1. The van der Waals surface area contributed by atoms with Crippen molar-refractivity contribution in [3.05, 3.63) is 23.3 Å². The summed E-state index contributed by atoms with van der Waals surface area (Å²) < 4.78 is 33.0. The molecule has 1 fully saturated rings. The number of rotatable bonds is 4. The lowest BCUT2D eigenvalue weighted by molar-refractivity contribution is 0.336. The fraction of sp³-hybridized carbons (Fsp3) is 0.625. The summed E-state index contributed by atoms with van der Waals surface area (Å²) in [5, 5.41) is 0. The summed E-state index contributed by atoms with van der Waals surface area (Å²) in [5.41, 5.74) is 1.77. The van der Waals surface area contributed by atoms with Gasteiger partial charge in [-0.2, -0.15) is 4.31 Å². The second kappa shape index (κ2) is 6.79. The first-order valence-corrected chi connectivity index (χ1v) is 9.15. The first-order valence-electron chi connectivity index (χ1n) is 7.71. The van der Waals surface area contributed by atoms with Crippen LogP contribution < -0.4 is 4.74 Å². The Labute approximate surface area is 128 Å². The van der Waals surface area contributed by atoms with Gasteiger partial charge >= 0.3 is 0 Å². The summed E-state index contributed by atoms with van der Waals surface area (Å²) in [5.74, 6) is 0.663. The number of nitrogens with zero attached hydrogens (tertiary/aromatic N) is 1. The lowest BCUT2D eigenvalue weighted by Gasteiger charge is -2.22. The Morgan fingerprint density at radius 1 is 1.05 bits per heavy atom. The highest BCUT2D eigenvalue weighted by Crippen LogP contribution is 2.29. The molecular weight excluding hydrogens is 286 g/mol. The SMILES string of the molecule is CCOc1cc(S(=O)(=O)N2CCCCCC2)c(C)cc1C. The first kappa shape index (κ1) is 16.3. The van der Waals surface area contributed by atoms with Crippen LogP contribution in [0.2, 0.25) is 0 Å². The number of ether oxygens (including phenoxy) is 1. The first-order chi connectivity index (χ1) is 9.96. The van der Waals surface area contributed by atoms with E-state index < -0.39 is 10.0 Å². The van der Waals surface area contributed by atoms with Gasteiger partial charge in [-0.1, -0.05) is 18.9 Å². The molecule has 4 nitrogen and oxygen atoms in total. The molecule has 0 radical (unpaired) electrons. The zero-order valence-corrected chi connectivity index (χ0v) is 14.0. The molecule has 21 heavy (non-hydrogen) atoms. The van der Waals surface area contributed by atoms with E-state index in [4.69, 9.17) is 4.74 Å². The molecule has 0 spiro atoms. The van der Waals surface area contributed by atoms with Gasteiger partial charge in [0.1, 0.15) is 5.75 Å². The minimum Gasteiger partial charge on any atom is -0.494 e. The zero-order chi connectivity index (χ0) is 15.5. The van der Waals surface area contributed by atoms with Crippen LogP contribution in [0.5, 0.6) is 5.75 Å². The second-order valence-electron chi connectivity index (χ2n) is 5.63. The highest BCUT2D eigenvalue weighted by molar-refractivity contribution is 7.89. The predicted molar refractivity (Wildman–Crippen MR) is 84.3 cm³/mol. The van der Waals surface area contributed by atoms with Crippen LogP contribution in [0.4, 0.5) is 0 Å². The average Bonchev–Trinajstić information content (AvgIpc) is 2.71. The maximum Gasteiger partial charge on any atom is 0.243 e. The Balaban J connectivity index is 2.40. The summed E-state index contributed by atoms with van der Waals surface area (Å²) in [7, 11) is -3.42. The minimum absolute atomic E-state index is 0.387. The van der Waals surface area contributed by atoms with E-state index in [1.54, 1.807) is 10.4 Å². The van der Waals surface area contributed by atoms with E-state index in [9.17, 15) is 8.42 Å². The summed E-state index contributed by atoms with van der Waals surface area (Å²) in [6.45, 7) is 7.49. The van der Waals surface area contributed by atoms with Crippen molar-refractivity contribution in [2.75, 3.05) is 19.7 Å². The van der Waals surface area contributed by atoms with Crippen molar-refractivity contribution in [3.8, 4) is 5.75 Å². The Hall–Kier alpha value is -1.07. The molecule has 0 atom stereocenters. The maximum atomic E-state index is 12.9. The van der Waals surface area contributed by atoms with E-state index in [-0.39, 0.29) is 0 Å². The predicted octanol–water partition coefficient (Wildman–Crippen LogP) is 3.27. The summed E-state index contributed by atoms with van der Waals surface area (Å²) in [6.07, 6.45) is 4.12. The molecule has 0 aromatic heterocycles. The molecule has 0 bridgehead atoms. The fourth-order valence-electron chi connectivity index (χ4n) is 2.82. The van der Waals surface area contributed by atoms with Crippen molar-refractivity contribution >= 4 is 10.0 Å². The van der Waals surface area contributed by atoms with E-state index in [1.807, 2.05) is 26.8 Å². The molecule has 1 aliphatic rings. The van der Waals surface area contributed by atoms with Crippen LogP contribution in [0.3, 0.4) is 0 Å². The van der Waals surface area contributed by atoms with E-state index in [2.05, 4.69) is 0 Å². The molecule has 1 aromatic carbocycles. The van der Waals surface area contributed by atoms with E-state index in [1.165, 1.54) is 0 Å². The van der Waals surface area contributed by atoms with Crippen LogP contribution in [-0.2, 0) is 10.0 Å². The monoisotopic (exact) mass is 311 g/mol. The number of benzene rings is 1. The van der Waals surface area contributed by atoms with Gasteiger partial charge in [0.15, 0.2) is 0 Å². The van der Waals surface area contributed by atoms with Gasteiger partial charge in [0.25, 0.3) is 0 Å². The van der Waals surface area contributed by atoms with Crippen molar-refractivity contribution in [2.45, 2.75) is 51.3 Å².